The predicted octanol–water partition coefficient (Wildman–Crippen LogP) is 1.67. The van der Waals surface area contributed by atoms with Crippen LogP contribution in [-0.4, -0.2) is 6.04 Å². The van der Waals surface area contributed by atoms with Crippen molar-refractivity contribution in [1.29, 1.82) is 0 Å². The quantitative estimate of drug-likeness (QED) is 0.642. The Morgan fingerprint density at radius 3 is 2.82 bits per heavy atom. The van der Waals surface area contributed by atoms with Crippen molar-refractivity contribution in [2.24, 2.45) is 5.73 Å². The zero-order valence-electron chi connectivity index (χ0n) is 6.75. The molecule has 58 valence electrons. The van der Waals surface area contributed by atoms with Crippen LogP contribution in [0.1, 0.15) is 24.0 Å². The molecule has 0 radical (unpaired) electrons. The zero-order valence-corrected chi connectivity index (χ0v) is 6.75. The normalized spacial score (nSPS) is 23.6. The molecule has 1 unspecified atom stereocenters. The van der Waals surface area contributed by atoms with Gasteiger partial charge in [-0.15, -0.1) is 0 Å². The maximum atomic E-state index is 5.81. The molecule has 2 atom stereocenters. The average molecular weight is 147 g/mol. The van der Waals surface area contributed by atoms with Crippen molar-refractivity contribution in [1.82, 2.24) is 0 Å². The van der Waals surface area contributed by atoms with E-state index in [1.807, 2.05) is 0 Å². The minimum absolute atomic E-state index is 0.310. The summed E-state index contributed by atoms with van der Waals surface area (Å²) < 4.78 is 0. The van der Waals surface area contributed by atoms with Gasteiger partial charge in [0.25, 0.3) is 0 Å². The fraction of sp³-hybridized carbons (Fsp3) is 0.400. The summed E-state index contributed by atoms with van der Waals surface area (Å²) >= 11 is 0. The highest BCUT2D eigenvalue weighted by Crippen LogP contribution is 2.36. The Morgan fingerprint density at radius 1 is 1.45 bits per heavy atom. The van der Waals surface area contributed by atoms with Gasteiger partial charge in [-0.2, -0.15) is 0 Å². The first-order valence-corrected chi connectivity index (χ1v) is 4.12. The molecule has 0 saturated heterocycles. The maximum Gasteiger partial charge on any atom is 0.00826 e. The van der Waals surface area contributed by atoms with Gasteiger partial charge in [-0.25, -0.2) is 0 Å². The van der Waals surface area contributed by atoms with Crippen molar-refractivity contribution in [3.8, 4) is 0 Å². The van der Waals surface area contributed by atoms with Crippen LogP contribution >= 0.6 is 0 Å². The van der Waals surface area contributed by atoms with E-state index in [4.69, 9.17) is 5.73 Å². The fourth-order valence-electron chi connectivity index (χ4n) is 1.77. The number of nitrogens with two attached hydrogens (primary N) is 1. The Kier molecular flexibility index (Phi) is 1.46. The van der Waals surface area contributed by atoms with Gasteiger partial charge in [-0.05, 0) is 24.5 Å². The van der Waals surface area contributed by atoms with Crippen LogP contribution in [0.25, 0.3) is 0 Å². The van der Waals surface area contributed by atoms with Gasteiger partial charge in [0.2, 0.25) is 0 Å². The van der Waals surface area contributed by atoms with Crippen LogP contribution in [0.5, 0.6) is 0 Å². The first-order chi connectivity index (χ1) is 5.29. The Balaban J connectivity index is 2.29. The fourth-order valence-corrected chi connectivity index (χ4v) is 1.77. The highest BCUT2D eigenvalue weighted by Gasteiger charge is 2.27. The second kappa shape index (κ2) is 2.35. The van der Waals surface area contributed by atoms with Gasteiger partial charge in [0.05, 0.1) is 0 Å². The van der Waals surface area contributed by atoms with Gasteiger partial charge >= 0.3 is 0 Å². The summed E-state index contributed by atoms with van der Waals surface area (Å²) in [6.45, 7) is 2.08. The van der Waals surface area contributed by atoms with Crippen LogP contribution in [0.15, 0.2) is 24.3 Å². The van der Waals surface area contributed by atoms with E-state index in [9.17, 15) is 0 Å². The van der Waals surface area contributed by atoms with Crippen LogP contribution in [-0.2, 0) is 6.42 Å². The topological polar surface area (TPSA) is 26.0 Å². The van der Waals surface area contributed by atoms with E-state index in [0.29, 0.717) is 12.0 Å². The molecule has 0 spiro atoms. The summed E-state index contributed by atoms with van der Waals surface area (Å²) in [5, 5.41) is 0. The van der Waals surface area contributed by atoms with E-state index < -0.39 is 0 Å². The third-order valence-corrected chi connectivity index (χ3v) is 2.53. The second-order valence-electron chi connectivity index (χ2n) is 3.37. The van der Waals surface area contributed by atoms with E-state index >= 15 is 0 Å². The molecule has 0 amide bonds. The summed E-state index contributed by atoms with van der Waals surface area (Å²) in [5.41, 5.74) is 8.75. The highest BCUT2D eigenvalue weighted by atomic mass is 14.6. The Labute approximate surface area is 67.2 Å². The molecule has 2 N–H and O–H groups in total. The Morgan fingerprint density at radius 2 is 2.18 bits per heavy atom. The molecule has 0 heterocycles. The van der Waals surface area contributed by atoms with Crippen molar-refractivity contribution >= 4 is 0 Å². The molecule has 1 aliphatic rings. The van der Waals surface area contributed by atoms with Crippen molar-refractivity contribution in [3.63, 3.8) is 0 Å². The SMILES string of the molecule is C[C@H](N)C1Cc2ccccc21. The molecule has 1 aliphatic carbocycles. The molecule has 11 heavy (non-hydrogen) atoms. The molecule has 0 saturated carbocycles. The molecule has 2 rings (SSSR count). The van der Waals surface area contributed by atoms with Crippen LogP contribution < -0.4 is 5.73 Å². The molecule has 1 aromatic rings. The second-order valence-corrected chi connectivity index (χ2v) is 3.37. The number of hydrogen-bond donors (Lipinski definition) is 1. The van der Waals surface area contributed by atoms with Crippen molar-refractivity contribution in [2.45, 2.75) is 25.3 Å². The van der Waals surface area contributed by atoms with E-state index in [-0.39, 0.29) is 0 Å². The van der Waals surface area contributed by atoms with Crippen LogP contribution in [0.3, 0.4) is 0 Å². The van der Waals surface area contributed by atoms with Gasteiger partial charge < -0.3 is 5.73 Å². The molecular formula is C10H13N. The van der Waals surface area contributed by atoms with Crippen molar-refractivity contribution < 1.29 is 0 Å². The third-order valence-electron chi connectivity index (χ3n) is 2.53. The van der Waals surface area contributed by atoms with Gasteiger partial charge in [-0.1, -0.05) is 24.3 Å². The lowest BCUT2D eigenvalue weighted by molar-refractivity contribution is 0.512. The number of fused-ring (bicyclic) bond motifs is 1. The first-order valence-electron chi connectivity index (χ1n) is 4.12. The standard InChI is InChI=1S/C10H13N/c1-7(11)10-6-8-4-2-3-5-9(8)10/h2-5,7,10H,6,11H2,1H3/t7-,10?/m0/s1. The monoisotopic (exact) mass is 147 g/mol. The highest BCUT2D eigenvalue weighted by molar-refractivity contribution is 5.40. The summed E-state index contributed by atoms with van der Waals surface area (Å²) in [7, 11) is 0. The van der Waals surface area contributed by atoms with E-state index in [1.165, 1.54) is 17.5 Å². The first kappa shape index (κ1) is 6.86. The minimum atomic E-state index is 0.310. The largest absolute Gasteiger partial charge is 0.327 e. The van der Waals surface area contributed by atoms with E-state index in [1.54, 1.807) is 0 Å². The smallest absolute Gasteiger partial charge is 0.00826 e. The molecule has 1 nitrogen and oxygen atoms in total. The summed E-state index contributed by atoms with van der Waals surface area (Å²) in [5.74, 6) is 0.617. The lowest BCUT2D eigenvalue weighted by Crippen LogP contribution is -2.32. The molecule has 0 fully saturated rings. The van der Waals surface area contributed by atoms with Crippen LogP contribution in [0.2, 0.25) is 0 Å². The molecule has 1 aromatic carbocycles. The summed E-state index contributed by atoms with van der Waals surface area (Å²) in [4.78, 5) is 0. The summed E-state index contributed by atoms with van der Waals surface area (Å²) in [6, 6.07) is 8.87. The van der Waals surface area contributed by atoms with E-state index in [2.05, 4.69) is 31.2 Å². The number of hydrogen-bond acceptors (Lipinski definition) is 1. The molecule has 0 aromatic heterocycles. The van der Waals surface area contributed by atoms with Gasteiger partial charge in [0, 0.05) is 12.0 Å². The number of benzene rings is 1. The predicted molar refractivity (Wildman–Crippen MR) is 46.5 cm³/mol. The molecular weight excluding hydrogens is 134 g/mol. The van der Waals surface area contributed by atoms with Crippen molar-refractivity contribution in [2.75, 3.05) is 0 Å². The average Bonchev–Trinajstić information content (AvgIpc) is 1.90. The Bertz CT molecular complexity index is 265. The molecule has 0 bridgehead atoms. The third kappa shape index (κ3) is 0.962. The van der Waals surface area contributed by atoms with Crippen LogP contribution in [0.4, 0.5) is 0 Å². The van der Waals surface area contributed by atoms with Gasteiger partial charge in [0.1, 0.15) is 0 Å². The van der Waals surface area contributed by atoms with Crippen LogP contribution in [0, 0.1) is 0 Å². The van der Waals surface area contributed by atoms with E-state index in [0.717, 1.165) is 0 Å². The summed E-state index contributed by atoms with van der Waals surface area (Å²) in [6.07, 6.45) is 1.17. The minimum Gasteiger partial charge on any atom is -0.327 e. The number of rotatable bonds is 1. The van der Waals surface area contributed by atoms with Gasteiger partial charge in [-0.3, -0.25) is 0 Å². The Hall–Kier alpha value is -0.820. The van der Waals surface area contributed by atoms with Crippen molar-refractivity contribution in [3.05, 3.63) is 35.4 Å². The maximum absolute atomic E-state index is 5.81. The zero-order chi connectivity index (χ0) is 7.84. The lowest BCUT2D eigenvalue weighted by Gasteiger charge is -2.32. The van der Waals surface area contributed by atoms with Gasteiger partial charge in [0.15, 0.2) is 0 Å². The lowest BCUT2D eigenvalue weighted by atomic mass is 9.74. The molecule has 1 heteroatoms. The molecule has 0 aliphatic heterocycles.